The first-order valence-corrected chi connectivity index (χ1v) is 5.86. The minimum atomic E-state index is -0.182. The van der Waals surface area contributed by atoms with Crippen molar-refractivity contribution in [1.29, 1.82) is 0 Å². The fraction of sp³-hybridized carbons (Fsp3) is 0.273. The van der Waals surface area contributed by atoms with Crippen LogP contribution in [0.5, 0.6) is 0 Å². The van der Waals surface area contributed by atoms with E-state index in [1.54, 1.807) is 19.1 Å². The van der Waals surface area contributed by atoms with Crippen molar-refractivity contribution in [3.63, 3.8) is 0 Å². The molecule has 0 fully saturated rings. The summed E-state index contributed by atoms with van der Waals surface area (Å²) in [6.07, 6.45) is 0. The second-order valence-corrected chi connectivity index (χ2v) is 3.93. The van der Waals surface area contributed by atoms with Crippen LogP contribution in [0.15, 0.2) is 18.2 Å². The number of fused-ring (bicyclic) bond motifs is 1. The number of carbonyl (C=O) groups excluding carboxylic acids is 2. The standard InChI is InChI=1S/C11H10BrNO2/c1-2-13-10(14)8-4-3-7(6-12)5-9(8)11(13)15/h3-5H,2,6H2,1H3. The summed E-state index contributed by atoms with van der Waals surface area (Å²) in [5.74, 6) is -0.362. The van der Waals surface area contributed by atoms with Gasteiger partial charge in [-0.2, -0.15) is 0 Å². The Balaban J connectivity index is 2.53. The van der Waals surface area contributed by atoms with Crippen LogP contribution in [0, 0.1) is 0 Å². The summed E-state index contributed by atoms with van der Waals surface area (Å²) in [5, 5.41) is 0.688. The number of carbonyl (C=O) groups is 2. The van der Waals surface area contributed by atoms with E-state index >= 15 is 0 Å². The molecule has 0 bridgehead atoms. The molecular formula is C11H10BrNO2. The predicted molar refractivity (Wildman–Crippen MR) is 60.1 cm³/mol. The van der Waals surface area contributed by atoms with Gasteiger partial charge in [0.15, 0.2) is 0 Å². The molecule has 4 heteroatoms. The first-order chi connectivity index (χ1) is 7.19. The number of nitrogens with zero attached hydrogens (tertiary/aromatic N) is 1. The Hall–Kier alpha value is -1.16. The molecule has 0 aromatic heterocycles. The molecular weight excluding hydrogens is 258 g/mol. The first kappa shape index (κ1) is 10.4. The van der Waals surface area contributed by atoms with Gasteiger partial charge in [0, 0.05) is 11.9 Å². The van der Waals surface area contributed by atoms with Gasteiger partial charge in [-0.3, -0.25) is 14.5 Å². The van der Waals surface area contributed by atoms with Crippen LogP contribution in [0.3, 0.4) is 0 Å². The van der Waals surface area contributed by atoms with Crippen LogP contribution in [-0.2, 0) is 5.33 Å². The molecule has 0 atom stereocenters. The lowest BCUT2D eigenvalue weighted by Gasteiger charge is -2.08. The van der Waals surface area contributed by atoms with Crippen molar-refractivity contribution >= 4 is 27.7 Å². The van der Waals surface area contributed by atoms with Crippen LogP contribution < -0.4 is 0 Å². The summed E-state index contributed by atoms with van der Waals surface area (Å²) in [7, 11) is 0. The van der Waals surface area contributed by atoms with E-state index in [4.69, 9.17) is 0 Å². The van der Waals surface area contributed by atoms with E-state index in [9.17, 15) is 9.59 Å². The fourth-order valence-electron chi connectivity index (χ4n) is 1.71. The zero-order chi connectivity index (χ0) is 11.0. The summed E-state index contributed by atoms with van der Waals surface area (Å²) in [5.41, 5.74) is 2.05. The van der Waals surface area contributed by atoms with E-state index < -0.39 is 0 Å². The highest BCUT2D eigenvalue weighted by Crippen LogP contribution is 2.24. The van der Waals surface area contributed by atoms with Crippen molar-refractivity contribution in [3.8, 4) is 0 Å². The lowest BCUT2D eigenvalue weighted by Crippen LogP contribution is -2.29. The zero-order valence-electron chi connectivity index (χ0n) is 8.29. The average molecular weight is 268 g/mol. The highest BCUT2D eigenvalue weighted by atomic mass is 79.9. The van der Waals surface area contributed by atoms with E-state index in [0.717, 1.165) is 5.56 Å². The molecule has 0 saturated heterocycles. The van der Waals surface area contributed by atoms with Crippen molar-refractivity contribution in [2.24, 2.45) is 0 Å². The van der Waals surface area contributed by atoms with Crippen LogP contribution >= 0.6 is 15.9 Å². The predicted octanol–water partition coefficient (Wildman–Crippen LogP) is 2.20. The molecule has 0 N–H and O–H groups in total. The van der Waals surface area contributed by atoms with Crippen LogP contribution in [0.25, 0.3) is 0 Å². The summed E-state index contributed by atoms with van der Waals surface area (Å²) in [6, 6.07) is 5.36. The number of hydrogen-bond donors (Lipinski definition) is 0. The number of amides is 2. The molecule has 78 valence electrons. The number of benzene rings is 1. The van der Waals surface area contributed by atoms with Crippen molar-refractivity contribution in [2.75, 3.05) is 6.54 Å². The van der Waals surface area contributed by atoms with Crippen molar-refractivity contribution in [1.82, 2.24) is 4.90 Å². The van der Waals surface area contributed by atoms with Gasteiger partial charge in [0.25, 0.3) is 11.8 Å². The molecule has 15 heavy (non-hydrogen) atoms. The Morgan fingerprint density at radius 3 is 2.47 bits per heavy atom. The van der Waals surface area contributed by atoms with E-state index in [-0.39, 0.29) is 11.8 Å². The van der Waals surface area contributed by atoms with Crippen LogP contribution in [-0.4, -0.2) is 23.3 Å². The van der Waals surface area contributed by atoms with E-state index in [0.29, 0.717) is 23.0 Å². The molecule has 0 spiro atoms. The molecule has 2 rings (SSSR count). The number of hydrogen-bond acceptors (Lipinski definition) is 2. The Morgan fingerprint density at radius 2 is 1.87 bits per heavy atom. The quantitative estimate of drug-likeness (QED) is 0.609. The van der Waals surface area contributed by atoms with Gasteiger partial charge in [-0.1, -0.05) is 22.0 Å². The topological polar surface area (TPSA) is 37.4 Å². The summed E-state index contributed by atoms with van der Waals surface area (Å²) in [4.78, 5) is 24.8. The first-order valence-electron chi connectivity index (χ1n) is 4.74. The van der Waals surface area contributed by atoms with Crippen molar-refractivity contribution < 1.29 is 9.59 Å². The van der Waals surface area contributed by atoms with E-state index in [2.05, 4.69) is 15.9 Å². The number of alkyl halides is 1. The van der Waals surface area contributed by atoms with Gasteiger partial charge in [0.1, 0.15) is 0 Å². The van der Waals surface area contributed by atoms with Gasteiger partial charge >= 0.3 is 0 Å². The van der Waals surface area contributed by atoms with Crippen molar-refractivity contribution in [2.45, 2.75) is 12.3 Å². The van der Waals surface area contributed by atoms with Gasteiger partial charge in [-0.25, -0.2) is 0 Å². The maximum atomic E-state index is 11.8. The third-order valence-electron chi connectivity index (χ3n) is 2.51. The molecule has 1 aliphatic rings. The van der Waals surface area contributed by atoms with E-state index in [1.807, 2.05) is 6.07 Å². The number of rotatable bonds is 2. The molecule has 3 nitrogen and oxygen atoms in total. The lowest BCUT2D eigenvalue weighted by molar-refractivity contribution is 0.0663. The van der Waals surface area contributed by atoms with Gasteiger partial charge in [0.05, 0.1) is 11.1 Å². The van der Waals surface area contributed by atoms with Gasteiger partial charge in [0.2, 0.25) is 0 Å². The Labute approximate surface area is 96.2 Å². The molecule has 0 saturated carbocycles. The zero-order valence-corrected chi connectivity index (χ0v) is 9.87. The maximum Gasteiger partial charge on any atom is 0.261 e. The lowest BCUT2D eigenvalue weighted by atomic mass is 10.1. The van der Waals surface area contributed by atoms with Crippen LogP contribution in [0.2, 0.25) is 0 Å². The maximum absolute atomic E-state index is 11.8. The minimum absolute atomic E-state index is 0.180. The minimum Gasteiger partial charge on any atom is -0.275 e. The van der Waals surface area contributed by atoms with Gasteiger partial charge < -0.3 is 0 Å². The largest absolute Gasteiger partial charge is 0.275 e. The molecule has 0 unspecified atom stereocenters. The Bertz CT molecular complexity index is 442. The normalized spacial score (nSPS) is 14.7. The molecule has 2 amide bonds. The monoisotopic (exact) mass is 267 g/mol. The smallest absolute Gasteiger partial charge is 0.261 e. The third kappa shape index (κ3) is 1.49. The molecule has 0 radical (unpaired) electrons. The van der Waals surface area contributed by atoms with Gasteiger partial charge in [-0.05, 0) is 24.6 Å². The second-order valence-electron chi connectivity index (χ2n) is 3.37. The third-order valence-corrected chi connectivity index (χ3v) is 3.15. The van der Waals surface area contributed by atoms with Gasteiger partial charge in [-0.15, -0.1) is 0 Å². The highest BCUT2D eigenvalue weighted by molar-refractivity contribution is 9.08. The van der Waals surface area contributed by atoms with Crippen LogP contribution in [0.1, 0.15) is 33.2 Å². The summed E-state index contributed by atoms with van der Waals surface area (Å²) >= 11 is 3.32. The summed E-state index contributed by atoms with van der Waals surface area (Å²) < 4.78 is 0. The number of imide groups is 1. The Kier molecular flexibility index (Phi) is 2.61. The SMILES string of the molecule is CCN1C(=O)c2ccc(CBr)cc2C1=O. The molecule has 1 heterocycles. The van der Waals surface area contributed by atoms with Crippen molar-refractivity contribution in [3.05, 3.63) is 34.9 Å². The number of halogens is 1. The Morgan fingerprint density at radius 1 is 1.20 bits per heavy atom. The average Bonchev–Trinajstić information content (AvgIpc) is 2.51. The molecule has 1 aliphatic heterocycles. The molecule has 0 aliphatic carbocycles. The van der Waals surface area contributed by atoms with E-state index in [1.165, 1.54) is 4.90 Å². The highest BCUT2D eigenvalue weighted by Gasteiger charge is 2.34. The fourth-order valence-corrected chi connectivity index (χ4v) is 2.06. The second kappa shape index (κ2) is 3.77. The molecule has 1 aromatic carbocycles. The molecule has 1 aromatic rings. The van der Waals surface area contributed by atoms with Crippen LogP contribution in [0.4, 0.5) is 0 Å². The summed E-state index contributed by atoms with van der Waals surface area (Å²) in [6.45, 7) is 2.23.